The van der Waals surface area contributed by atoms with Crippen molar-refractivity contribution in [2.75, 3.05) is 35.5 Å². The van der Waals surface area contributed by atoms with Crippen LogP contribution in [0.5, 0.6) is 0 Å². The fourth-order valence-electron chi connectivity index (χ4n) is 8.12. The van der Waals surface area contributed by atoms with E-state index in [0.29, 0.717) is 0 Å². The Labute approximate surface area is 362 Å². The second kappa shape index (κ2) is 15.1. The van der Waals surface area contributed by atoms with Gasteiger partial charge in [0.25, 0.3) is 0 Å². The van der Waals surface area contributed by atoms with Crippen molar-refractivity contribution in [3.8, 4) is 0 Å². The summed E-state index contributed by atoms with van der Waals surface area (Å²) in [6, 6.07) is 22.7. The number of hydrogen-bond donors (Lipinski definition) is 0. The van der Waals surface area contributed by atoms with E-state index in [1.54, 1.807) is 0 Å². The van der Waals surface area contributed by atoms with Crippen LogP contribution in [-0.4, -0.2) is 26.2 Å². The van der Waals surface area contributed by atoms with E-state index < -0.39 is 16.3 Å². The number of hydrogen-bond acceptors (Lipinski definition) is 6. The SMILES string of the molecule is CC(C)(C)c1cc(C(C)(C)C)c2op(N3CCN(p4oc5c(C(C)(C)C)cc(C(C)(C)C)cc5c5cc(C(C)(C)C)cc(C(C)(C)C)c5o4)CC3)oc3ccccc3c2c1. The summed E-state index contributed by atoms with van der Waals surface area (Å²) in [5.41, 5.74) is 10.7. The smallest absolute Gasteiger partial charge is 0.309 e. The van der Waals surface area contributed by atoms with E-state index in [2.05, 4.69) is 195 Å². The fourth-order valence-corrected chi connectivity index (χ4v) is 11.1. The normalized spacial score (nSPS) is 16.1. The molecule has 2 aromatic heterocycles. The van der Waals surface area contributed by atoms with Gasteiger partial charge in [0.15, 0.2) is 0 Å². The number of para-hydroxylation sites is 1. The minimum Gasteiger partial charge on any atom is -0.408 e. The highest BCUT2D eigenvalue weighted by Gasteiger charge is 2.32. The molecule has 6 nitrogen and oxygen atoms in total. The first-order chi connectivity index (χ1) is 27.5. The van der Waals surface area contributed by atoms with Gasteiger partial charge in [-0.25, -0.2) is 9.34 Å². The molecule has 0 bridgehead atoms. The van der Waals surface area contributed by atoms with Crippen LogP contribution in [0.4, 0.5) is 0 Å². The lowest BCUT2D eigenvalue weighted by Crippen LogP contribution is -2.44. The molecule has 8 heteroatoms. The average molecular weight is 851 g/mol. The molecule has 0 N–H and O–H groups in total. The maximum absolute atomic E-state index is 7.38. The van der Waals surface area contributed by atoms with E-state index in [1.165, 1.54) is 33.4 Å². The van der Waals surface area contributed by atoms with Crippen LogP contribution < -0.4 is 9.34 Å². The second-order valence-electron chi connectivity index (χ2n) is 23.4. The Kier molecular flexibility index (Phi) is 11.3. The summed E-state index contributed by atoms with van der Waals surface area (Å²) >= 11 is 0. The molecule has 3 heterocycles. The third-order valence-corrected chi connectivity index (χ3v) is 15.2. The van der Waals surface area contributed by atoms with E-state index in [0.717, 1.165) is 70.1 Å². The Morgan fingerprint density at radius 1 is 0.367 bits per heavy atom. The second-order valence-corrected chi connectivity index (χ2v) is 26.3. The van der Waals surface area contributed by atoms with Crippen LogP contribution in [0.2, 0.25) is 0 Å². The number of nitrogens with zero attached hydrogens (tertiary/aromatic N) is 2. The lowest BCUT2D eigenvalue weighted by molar-refractivity contribution is 0.545. The third-order valence-electron chi connectivity index (χ3n) is 12.1. The van der Waals surface area contributed by atoms with Gasteiger partial charge in [-0.1, -0.05) is 161 Å². The van der Waals surface area contributed by atoms with Gasteiger partial charge in [0.2, 0.25) is 0 Å². The van der Waals surface area contributed by atoms with Gasteiger partial charge < -0.3 is 16.8 Å². The van der Waals surface area contributed by atoms with E-state index in [4.69, 9.17) is 16.8 Å². The Hall–Kier alpha value is -3.40. The summed E-state index contributed by atoms with van der Waals surface area (Å²) in [5.74, 6) is 0. The molecule has 1 aliphatic rings. The van der Waals surface area contributed by atoms with Crippen LogP contribution in [0.25, 0.3) is 43.9 Å². The van der Waals surface area contributed by atoms with Crippen LogP contribution in [0.15, 0.2) is 77.5 Å². The summed E-state index contributed by atoms with van der Waals surface area (Å²) in [6.45, 7) is 44.4. The van der Waals surface area contributed by atoms with Crippen molar-refractivity contribution in [3.63, 3.8) is 0 Å². The molecular weight excluding hydrogens is 779 g/mol. The Balaban J connectivity index is 1.43. The van der Waals surface area contributed by atoms with Crippen LogP contribution in [0.3, 0.4) is 0 Å². The third kappa shape index (κ3) is 8.79. The molecule has 0 spiro atoms. The molecule has 324 valence electrons. The molecule has 1 aliphatic heterocycles. The van der Waals surface area contributed by atoms with Crippen molar-refractivity contribution in [3.05, 3.63) is 94.0 Å². The Morgan fingerprint density at radius 2 is 0.667 bits per heavy atom. The maximum atomic E-state index is 7.38. The number of rotatable bonds is 2. The lowest BCUT2D eigenvalue weighted by Gasteiger charge is -2.30. The number of fused-ring (bicyclic) bond motifs is 6. The minimum atomic E-state index is -1.52. The lowest BCUT2D eigenvalue weighted by atomic mass is 9.77. The van der Waals surface area contributed by atoms with Gasteiger partial charge in [0.1, 0.15) is 22.3 Å². The molecule has 0 amide bonds. The summed E-state index contributed by atoms with van der Waals surface area (Å²) in [5, 5.41) is 4.46. The topological polar surface area (TPSA) is 59.0 Å². The molecule has 7 rings (SSSR count). The van der Waals surface area contributed by atoms with Crippen LogP contribution in [0, 0.1) is 0 Å². The Bertz CT molecular complexity index is 2580. The molecular formula is C52H72N2O4P2. The first-order valence-corrected chi connectivity index (χ1v) is 24.3. The molecule has 1 saturated heterocycles. The van der Waals surface area contributed by atoms with Gasteiger partial charge in [0, 0.05) is 64.4 Å². The van der Waals surface area contributed by atoms with Crippen molar-refractivity contribution < 1.29 is 16.8 Å². The summed E-state index contributed by atoms with van der Waals surface area (Å²) in [4.78, 5) is 0. The minimum absolute atomic E-state index is 0.0196. The summed E-state index contributed by atoms with van der Waals surface area (Å²) in [7, 11) is -2.98. The van der Waals surface area contributed by atoms with E-state index in [1.807, 2.05) is 0 Å². The first kappa shape index (κ1) is 44.6. The first-order valence-electron chi connectivity index (χ1n) is 22.0. The largest absolute Gasteiger partial charge is 0.408 e. The van der Waals surface area contributed by atoms with Crippen molar-refractivity contribution in [2.45, 2.75) is 157 Å². The van der Waals surface area contributed by atoms with Gasteiger partial charge in [-0.3, -0.25) is 0 Å². The molecule has 4 aromatic carbocycles. The highest BCUT2D eigenvalue weighted by atomic mass is 31.1. The van der Waals surface area contributed by atoms with Gasteiger partial charge >= 0.3 is 16.3 Å². The van der Waals surface area contributed by atoms with E-state index in [-0.39, 0.29) is 32.5 Å². The highest BCUT2D eigenvalue weighted by molar-refractivity contribution is 7.39. The molecule has 60 heavy (non-hydrogen) atoms. The molecule has 1 fully saturated rings. The number of piperazine rings is 1. The molecule has 1 atom stereocenters. The zero-order valence-electron chi connectivity index (χ0n) is 40.0. The predicted molar refractivity (Wildman–Crippen MR) is 261 cm³/mol. The van der Waals surface area contributed by atoms with Gasteiger partial charge in [-0.15, -0.1) is 0 Å². The summed E-state index contributed by atoms with van der Waals surface area (Å²) in [6.07, 6.45) is 0. The maximum Gasteiger partial charge on any atom is 0.309 e. The number of benzene rings is 4. The zero-order chi connectivity index (χ0) is 44.1. The van der Waals surface area contributed by atoms with Crippen molar-refractivity contribution in [2.24, 2.45) is 0 Å². The highest BCUT2D eigenvalue weighted by Crippen LogP contribution is 2.48. The monoisotopic (exact) mass is 850 g/mol. The van der Waals surface area contributed by atoms with Gasteiger partial charge in [-0.2, -0.15) is 0 Å². The molecule has 0 aliphatic carbocycles. The quantitative estimate of drug-likeness (QED) is 0.173. The molecule has 0 radical (unpaired) electrons. The van der Waals surface area contributed by atoms with Crippen molar-refractivity contribution in [1.82, 2.24) is 0 Å². The van der Waals surface area contributed by atoms with Crippen molar-refractivity contribution in [1.29, 1.82) is 0 Å². The summed E-state index contributed by atoms with van der Waals surface area (Å²) < 4.78 is 33.7. The molecule has 0 saturated carbocycles. The molecule has 1 unspecified atom stereocenters. The zero-order valence-corrected chi connectivity index (χ0v) is 41.8. The predicted octanol–water partition coefficient (Wildman–Crippen LogP) is 16.3. The van der Waals surface area contributed by atoms with Gasteiger partial charge in [0.05, 0.1) is 0 Å². The standard InChI is InChI=1S/C52H72N2O4P2/c1-47(2,3)33-27-37-36-21-19-20-22-43(36)55-59(56-44(37)40(30-33)50(10,11)12)53-23-25-54(26-24-53)60-57-45-38(28-34(48(4,5)6)31-41(45)51(13,14)15)39-29-35(49(7,8)9)32-42(46(39)58-60)52(16,17)18/h19-22,27-32H,23-26H2,1-18H3. The van der Waals surface area contributed by atoms with E-state index >= 15 is 0 Å². The molecule has 6 aromatic rings. The Morgan fingerprint density at radius 3 is 0.983 bits per heavy atom. The van der Waals surface area contributed by atoms with Gasteiger partial charge in [-0.05, 0) is 73.4 Å². The van der Waals surface area contributed by atoms with Crippen LogP contribution in [0.1, 0.15) is 158 Å². The van der Waals surface area contributed by atoms with Crippen LogP contribution in [-0.2, 0) is 32.5 Å². The fraction of sp³-hybridized carbons (Fsp3) is 0.538. The van der Waals surface area contributed by atoms with Crippen LogP contribution >= 0.6 is 16.3 Å². The van der Waals surface area contributed by atoms with E-state index in [9.17, 15) is 0 Å². The van der Waals surface area contributed by atoms with Crippen molar-refractivity contribution >= 4 is 60.2 Å². The average Bonchev–Trinajstić information content (AvgIpc) is 3.39.